The Kier molecular flexibility index (Phi) is 3.78. The van der Waals surface area contributed by atoms with Crippen molar-refractivity contribution in [2.24, 2.45) is 0 Å². The Bertz CT molecular complexity index is 815. The summed E-state index contributed by atoms with van der Waals surface area (Å²) in [6.07, 6.45) is 6.21. The maximum atomic E-state index is 5.50. The molecule has 8 nitrogen and oxygen atoms in total. The van der Waals surface area contributed by atoms with Crippen LogP contribution in [0.2, 0.25) is 0 Å². The predicted molar refractivity (Wildman–Crippen MR) is 82.9 cm³/mol. The van der Waals surface area contributed by atoms with E-state index in [4.69, 9.17) is 4.52 Å². The molecule has 0 radical (unpaired) electrons. The summed E-state index contributed by atoms with van der Waals surface area (Å²) < 4.78 is 5.50. The van der Waals surface area contributed by atoms with E-state index in [1.54, 1.807) is 24.2 Å². The van der Waals surface area contributed by atoms with Crippen LogP contribution in [0.4, 0.5) is 0 Å². The molecule has 3 aromatic rings. The molecule has 1 N–H and O–H groups in total. The van der Waals surface area contributed by atoms with Crippen LogP contribution in [0.25, 0.3) is 11.5 Å². The van der Waals surface area contributed by atoms with E-state index in [1.807, 2.05) is 0 Å². The Morgan fingerprint density at radius 3 is 3.13 bits per heavy atom. The second kappa shape index (κ2) is 6.07. The van der Waals surface area contributed by atoms with Crippen molar-refractivity contribution >= 4 is 11.8 Å². The molecule has 0 bridgehead atoms. The number of nitrogens with one attached hydrogen (secondary N) is 1. The summed E-state index contributed by atoms with van der Waals surface area (Å²) in [5.74, 6) is 1.94. The van der Waals surface area contributed by atoms with Crippen molar-refractivity contribution in [1.29, 1.82) is 0 Å². The van der Waals surface area contributed by atoms with Crippen molar-refractivity contribution in [2.75, 3.05) is 5.75 Å². The van der Waals surface area contributed by atoms with Gasteiger partial charge in [0, 0.05) is 12.4 Å². The molecule has 0 aromatic carbocycles. The highest BCUT2D eigenvalue weighted by molar-refractivity contribution is 7.99. The average molecular weight is 329 g/mol. The van der Waals surface area contributed by atoms with Crippen molar-refractivity contribution in [1.82, 2.24) is 35.5 Å². The largest absolute Gasteiger partial charge is 0.338 e. The molecule has 9 heteroatoms. The van der Waals surface area contributed by atoms with Gasteiger partial charge in [-0.25, -0.2) is 9.97 Å². The van der Waals surface area contributed by atoms with E-state index < -0.39 is 0 Å². The van der Waals surface area contributed by atoms with Crippen LogP contribution in [-0.2, 0) is 6.42 Å². The van der Waals surface area contributed by atoms with Crippen LogP contribution >= 0.6 is 11.8 Å². The Morgan fingerprint density at radius 1 is 1.30 bits per heavy atom. The number of hydrogen-bond acceptors (Lipinski definition) is 8. The standard InChI is InChI=1S/C14H15N7OS/c1-2-23-14-11(15-6-7-16-14)12-17-13(22-20-12)8-4-3-5-9-10(8)19-21-18-9/h6-8H,2-5H2,1H3,(H,18,19,21). The highest BCUT2D eigenvalue weighted by Crippen LogP contribution is 2.34. The summed E-state index contributed by atoms with van der Waals surface area (Å²) in [4.78, 5) is 13.3. The third-order valence-electron chi connectivity index (χ3n) is 3.78. The summed E-state index contributed by atoms with van der Waals surface area (Å²) in [5, 5.41) is 16.0. The van der Waals surface area contributed by atoms with Crippen LogP contribution in [-0.4, -0.2) is 41.3 Å². The van der Waals surface area contributed by atoms with Crippen molar-refractivity contribution in [2.45, 2.75) is 37.1 Å². The van der Waals surface area contributed by atoms with Gasteiger partial charge in [-0.15, -0.1) is 11.8 Å². The topological polar surface area (TPSA) is 106 Å². The number of aryl methyl sites for hydroxylation is 1. The quantitative estimate of drug-likeness (QED) is 0.726. The molecule has 3 aromatic heterocycles. The monoisotopic (exact) mass is 329 g/mol. The van der Waals surface area contributed by atoms with Crippen LogP contribution in [0.3, 0.4) is 0 Å². The van der Waals surface area contributed by atoms with Crippen molar-refractivity contribution < 1.29 is 4.52 Å². The first-order valence-corrected chi connectivity index (χ1v) is 8.52. The number of nitrogens with zero attached hydrogens (tertiary/aromatic N) is 6. The molecule has 0 spiro atoms. The van der Waals surface area contributed by atoms with E-state index in [2.05, 4.69) is 42.4 Å². The van der Waals surface area contributed by atoms with E-state index in [0.717, 1.165) is 41.4 Å². The molecule has 3 heterocycles. The van der Waals surface area contributed by atoms with Crippen LogP contribution in [0, 0.1) is 0 Å². The van der Waals surface area contributed by atoms with Gasteiger partial charge in [0.1, 0.15) is 10.7 Å². The van der Waals surface area contributed by atoms with Gasteiger partial charge < -0.3 is 4.52 Å². The lowest BCUT2D eigenvalue weighted by atomic mass is 9.90. The molecule has 1 atom stereocenters. The van der Waals surface area contributed by atoms with Gasteiger partial charge in [-0.05, 0) is 25.0 Å². The summed E-state index contributed by atoms with van der Waals surface area (Å²) in [6, 6.07) is 0. The highest BCUT2D eigenvalue weighted by atomic mass is 32.2. The van der Waals surface area contributed by atoms with Crippen molar-refractivity contribution in [3.63, 3.8) is 0 Å². The van der Waals surface area contributed by atoms with Crippen molar-refractivity contribution in [3.8, 4) is 11.5 Å². The van der Waals surface area contributed by atoms with E-state index in [0.29, 0.717) is 17.4 Å². The third-order valence-corrected chi connectivity index (χ3v) is 4.65. The fourth-order valence-corrected chi connectivity index (χ4v) is 3.46. The predicted octanol–water partition coefficient (Wildman–Crippen LogP) is 2.22. The molecule has 0 saturated carbocycles. The Labute approximate surface area is 136 Å². The molecule has 1 unspecified atom stereocenters. The minimum Gasteiger partial charge on any atom is -0.338 e. The minimum absolute atomic E-state index is 0.00213. The van der Waals surface area contributed by atoms with Crippen molar-refractivity contribution in [3.05, 3.63) is 29.7 Å². The molecule has 1 aliphatic carbocycles. The van der Waals surface area contributed by atoms with Gasteiger partial charge in [0.15, 0.2) is 0 Å². The molecule has 23 heavy (non-hydrogen) atoms. The number of aromatic nitrogens is 7. The normalized spacial score (nSPS) is 17.2. The van der Waals surface area contributed by atoms with Gasteiger partial charge in [0.2, 0.25) is 11.7 Å². The number of rotatable bonds is 4. The van der Waals surface area contributed by atoms with Crippen LogP contribution in [0.15, 0.2) is 21.9 Å². The Balaban J connectivity index is 1.69. The van der Waals surface area contributed by atoms with Crippen LogP contribution in [0.5, 0.6) is 0 Å². The van der Waals surface area contributed by atoms with E-state index in [9.17, 15) is 0 Å². The molecule has 0 saturated heterocycles. The highest BCUT2D eigenvalue weighted by Gasteiger charge is 2.30. The van der Waals surface area contributed by atoms with E-state index in [1.165, 1.54) is 0 Å². The summed E-state index contributed by atoms with van der Waals surface area (Å²) in [5.41, 5.74) is 2.56. The first kappa shape index (κ1) is 14.3. The molecular formula is C14H15N7OS. The van der Waals surface area contributed by atoms with Gasteiger partial charge in [-0.3, -0.25) is 0 Å². The van der Waals surface area contributed by atoms with Crippen LogP contribution in [0.1, 0.15) is 43.0 Å². The SMILES string of the molecule is CCSc1nccnc1-c1noc(C2CCCc3n[nH]nc32)n1. The number of H-pyrrole nitrogens is 1. The fraction of sp³-hybridized carbons (Fsp3) is 0.429. The molecule has 0 amide bonds. The molecule has 0 aliphatic heterocycles. The molecule has 4 rings (SSSR count). The number of fused-ring (bicyclic) bond motifs is 1. The number of thioether (sulfide) groups is 1. The average Bonchev–Trinajstić information content (AvgIpc) is 3.25. The summed E-state index contributed by atoms with van der Waals surface area (Å²) >= 11 is 1.61. The first-order chi connectivity index (χ1) is 11.4. The third kappa shape index (κ3) is 2.61. The fourth-order valence-electron chi connectivity index (χ4n) is 2.77. The van der Waals surface area contributed by atoms with Gasteiger partial charge in [0.25, 0.3) is 0 Å². The number of hydrogen-bond donors (Lipinski definition) is 1. The maximum absolute atomic E-state index is 5.50. The zero-order valence-electron chi connectivity index (χ0n) is 12.6. The molecular weight excluding hydrogens is 314 g/mol. The molecule has 118 valence electrons. The lowest BCUT2D eigenvalue weighted by Gasteiger charge is -2.15. The lowest BCUT2D eigenvalue weighted by molar-refractivity contribution is 0.352. The van der Waals surface area contributed by atoms with Gasteiger partial charge >= 0.3 is 0 Å². The Morgan fingerprint density at radius 2 is 2.22 bits per heavy atom. The van der Waals surface area contributed by atoms with E-state index >= 15 is 0 Å². The summed E-state index contributed by atoms with van der Waals surface area (Å²) in [6.45, 7) is 2.07. The molecule has 1 aliphatic rings. The molecule has 0 fully saturated rings. The van der Waals surface area contributed by atoms with Gasteiger partial charge in [-0.1, -0.05) is 12.1 Å². The van der Waals surface area contributed by atoms with E-state index in [-0.39, 0.29) is 5.92 Å². The zero-order valence-corrected chi connectivity index (χ0v) is 13.4. The second-order valence-electron chi connectivity index (χ2n) is 5.20. The number of aromatic amines is 1. The van der Waals surface area contributed by atoms with Gasteiger partial charge in [-0.2, -0.15) is 20.4 Å². The maximum Gasteiger partial charge on any atom is 0.236 e. The van der Waals surface area contributed by atoms with Gasteiger partial charge in [0.05, 0.1) is 17.3 Å². The second-order valence-corrected chi connectivity index (χ2v) is 6.45. The zero-order chi connectivity index (χ0) is 15.6. The smallest absolute Gasteiger partial charge is 0.236 e. The Hall–Kier alpha value is -2.29. The minimum atomic E-state index is -0.00213. The lowest BCUT2D eigenvalue weighted by Crippen LogP contribution is -2.11. The summed E-state index contributed by atoms with van der Waals surface area (Å²) in [7, 11) is 0. The first-order valence-electron chi connectivity index (χ1n) is 7.54. The van der Waals surface area contributed by atoms with Crippen LogP contribution < -0.4 is 0 Å².